The van der Waals surface area contributed by atoms with Gasteiger partial charge in [0.1, 0.15) is 23.7 Å². The second-order valence-corrected chi connectivity index (χ2v) is 16.3. The van der Waals surface area contributed by atoms with Gasteiger partial charge in [0.05, 0.1) is 11.3 Å². The van der Waals surface area contributed by atoms with Gasteiger partial charge in [0, 0.05) is 37.0 Å². The van der Waals surface area contributed by atoms with E-state index in [0.717, 1.165) is 31.4 Å². The zero-order valence-corrected chi connectivity index (χ0v) is 29.2. The van der Waals surface area contributed by atoms with E-state index in [1.807, 2.05) is 49.4 Å². The molecule has 14 nitrogen and oxygen atoms in total. The summed E-state index contributed by atoms with van der Waals surface area (Å²) in [6.45, 7) is 4.17. The minimum atomic E-state index is -3.94. The molecule has 0 bridgehead atoms. The maximum atomic E-state index is 14.5. The number of nitrogens with one attached hydrogen (secondary N) is 3. The van der Waals surface area contributed by atoms with Crippen LogP contribution in [0.25, 0.3) is 11.3 Å². The standard InChI is InChI=1S/C35H44N8O6S/c1-3-42-29-28(36-18-19-37-29)39-33(42)49-25-20-27-30(44)40-35(32(46)41-50(47,48)34(2)16-17-34)21-23(35)12-8-5-4-6-11-15-26(31(45)43(27)22-25)38-24-13-9-7-10-14-24/h7-10,12-14,18-19,23,25-27,38H,3-6,11,15-17,20-22H2,1-2H3,(H,40,44)(H,41,46)/b12-8-/t23-,25+,26-,27-,35+/m0/s1. The van der Waals surface area contributed by atoms with Gasteiger partial charge in [0.2, 0.25) is 27.5 Å². The monoisotopic (exact) mass is 704 g/mol. The SMILES string of the molecule is CCn1c(O[C@@H]2C[C@H]3C(=O)N[C@]4(C(=O)NS(=O)(=O)C5(C)CC5)C[C@@H]4/C=C\CCCCC[C@H](Nc4ccccc4)C(=O)N3C2)nc2nccnc21. The van der Waals surface area contributed by atoms with Crippen molar-refractivity contribution in [1.82, 2.24) is 34.5 Å². The Balaban J connectivity index is 1.20. The Morgan fingerprint density at radius 1 is 1.10 bits per heavy atom. The number of aromatic nitrogens is 4. The number of rotatable bonds is 8. The number of nitrogens with zero attached hydrogens (tertiary/aromatic N) is 5. The van der Waals surface area contributed by atoms with Gasteiger partial charge in [-0.1, -0.05) is 43.2 Å². The molecule has 3 fully saturated rings. The van der Waals surface area contributed by atoms with Crippen LogP contribution in [0.1, 0.15) is 71.6 Å². The molecule has 4 heterocycles. The Bertz CT molecular complexity index is 1910. The fourth-order valence-corrected chi connectivity index (χ4v) is 8.35. The molecule has 266 valence electrons. The molecule has 1 saturated heterocycles. The Hall–Kier alpha value is -4.53. The summed E-state index contributed by atoms with van der Waals surface area (Å²) in [5, 5.41) is 6.34. The van der Waals surface area contributed by atoms with Crippen LogP contribution in [0.3, 0.4) is 0 Å². The minimum Gasteiger partial charge on any atom is -0.459 e. The van der Waals surface area contributed by atoms with E-state index >= 15 is 0 Å². The summed E-state index contributed by atoms with van der Waals surface area (Å²) in [6.07, 6.45) is 11.7. The highest BCUT2D eigenvalue weighted by Gasteiger charge is 2.63. The first kappa shape index (κ1) is 33.9. The normalized spacial score (nSPS) is 28.7. The lowest BCUT2D eigenvalue weighted by Gasteiger charge is -2.30. The van der Waals surface area contributed by atoms with Crippen LogP contribution in [-0.2, 0) is 31.0 Å². The van der Waals surface area contributed by atoms with Gasteiger partial charge in [0.15, 0.2) is 5.65 Å². The Morgan fingerprint density at radius 2 is 1.88 bits per heavy atom. The van der Waals surface area contributed by atoms with Crippen molar-refractivity contribution < 1.29 is 27.5 Å². The van der Waals surface area contributed by atoms with Gasteiger partial charge in [-0.3, -0.25) is 23.7 Å². The van der Waals surface area contributed by atoms with Crippen molar-refractivity contribution in [3.05, 3.63) is 54.9 Å². The van der Waals surface area contributed by atoms with E-state index in [-0.39, 0.29) is 37.2 Å². The van der Waals surface area contributed by atoms with Crippen molar-refractivity contribution in [2.24, 2.45) is 5.92 Å². The maximum absolute atomic E-state index is 14.5. The van der Waals surface area contributed by atoms with Crippen molar-refractivity contribution in [1.29, 1.82) is 0 Å². The van der Waals surface area contributed by atoms with Crippen LogP contribution in [-0.4, -0.2) is 85.6 Å². The molecule has 1 aromatic carbocycles. The van der Waals surface area contributed by atoms with Crippen LogP contribution in [0, 0.1) is 5.92 Å². The number of sulfonamides is 1. The molecule has 15 heteroatoms. The number of hydrogen-bond acceptors (Lipinski definition) is 10. The van der Waals surface area contributed by atoms with Crippen LogP contribution in [0.5, 0.6) is 6.01 Å². The summed E-state index contributed by atoms with van der Waals surface area (Å²) in [4.78, 5) is 57.4. The van der Waals surface area contributed by atoms with E-state index in [2.05, 4.69) is 30.3 Å². The number of aryl methyl sites for hydroxylation is 1. The third kappa shape index (κ3) is 6.54. The van der Waals surface area contributed by atoms with Gasteiger partial charge in [-0.05, 0) is 64.5 Å². The largest absolute Gasteiger partial charge is 0.459 e. The molecule has 2 saturated carbocycles. The van der Waals surface area contributed by atoms with E-state index in [1.165, 1.54) is 4.90 Å². The lowest BCUT2D eigenvalue weighted by molar-refractivity contribution is -0.140. The van der Waals surface area contributed by atoms with E-state index < -0.39 is 50.3 Å². The van der Waals surface area contributed by atoms with Crippen molar-refractivity contribution in [3.8, 4) is 6.01 Å². The van der Waals surface area contributed by atoms with Crippen molar-refractivity contribution in [2.45, 2.75) is 107 Å². The van der Waals surface area contributed by atoms with Crippen LogP contribution in [0.4, 0.5) is 5.69 Å². The predicted octanol–water partition coefficient (Wildman–Crippen LogP) is 3.07. The Morgan fingerprint density at radius 3 is 2.64 bits per heavy atom. The minimum absolute atomic E-state index is 0.104. The molecule has 2 aliphatic carbocycles. The molecule has 5 atom stereocenters. The fraction of sp³-hybridized carbons (Fsp3) is 0.543. The first-order valence-electron chi connectivity index (χ1n) is 17.5. The number of ether oxygens (including phenoxy) is 1. The van der Waals surface area contributed by atoms with E-state index in [1.54, 1.807) is 23.9 Å². The molecule has 50 heavy (non-hydrogen) atoms. The van der Waals surface area contributed by atoms with Gasteiger partial charge >= 0.3 is 0 Å². The fourth-order valence-electron chi connectivity index (χ4n) is 7.04. The summed E-state index contributed by atoms with van der Waals surface area (Å²) in [7, 11) is -3.94. The number of anilines is 1. The number of hydrogen-bond donors (Lipinski definition) is 3. The molecule has 7 rings (SSSR count). The third-order valence-corrected chi connectivity index (χ3v) is 12.7. The molecule has 3 aromatic rings. The summed E-state index contributed by atoms with van der Waals surface area (Å²) < 4.78 is 35.7. The van der Waals surface area contributed by atoms with Crippen LogP contribution in [0.15, 0.2) is 54.9 Å². The van der Waals surface area contributed by atoms with Crippen molar-refractivity contribution in [2.75, 3.05) is 11.9 Å². The lowest BCUT2D eigenvalue weighted by Crippen LogP contribution is -2.58. The Kier molecular flexibility index (Phi) is 9.03. The molecule has 0 unspecified atom stereocenters. The number of para-hydroxylation sites is 1. The second kappa shape index (κ2) is 13.3. The number of imidazole rings is 1. The molecule has 2 aromatic heterocycles. The van der Waals surface area contributed by atoms with Crippen LogP contribution in [0.2, 0.25) is 0 Å². The van der Waals surface area contributed by atoms with Gasteiger partial charge in [-0.25, -0.2) is 18.4 Å². The van der Waals surface area contributed by atoms with Crippen LogP contribution < -0.4 is 20.1 Å². The summed E-state index contributed by atoms with van der Waals surface area (Å²) in [5.74, 6) is -1.92. The zero-order valence-electron chi connectivity index (χ0n) is 28.4. The van der Waals surface area contributed by atoms with Crippen molar-refractivity contribution in [3.63, 3.8) is 0 Å². The predicted molar refractivity (Wildman–Crippen MR) is 185 cm³/mol. The number of allylic oxidation sites excluding steroid dienone is 1. The first-order valence-corrected chi connectivity index (χ1v) is 19.0. The molecule has 3 amide bonds. The van der Waals surface area contributed by atoms with Gasteiger partial charge < -0.3 is 20.3 Å². The average Bonchev–Trinajstić information content (AvgIpc) is 3.93. The molecular weight excluding hydrogens is 661 g/mol. The number of carbonyl (C=O) groups excluding carboxylic acids is 3. The summed E-state index contributed by atoms with van der Waals surface area (Å²) >= 11 is 0. The van der Waals surface area contributed by atoms with E-state index in [0.29, 0.717) is 37.1 Å². The molecule has 0 spiro atoms. The molecule has 3 N–H and O–H groups in total. The highest BCUT2D eigenvalue weighted by molar-refractivity contribution is 7.91. The van der Waals surface area contributed by atoms with Crippen molar-refractivity contribution >= 4 is 44.7 Å². The van der Waals surface area contributed by atoms with Gasteiger partial charge in [-0.2, -0.15) is 4.98 Å². The van der Waals surface area contributed by atoms with Crippen LogP contribution >= 0.6 is 0 Å². The summed E-state index contributed by atoms with van der Waals surface area (Å²) in [5.41, 5.74) is 0.330. The lowest BCUT2D eigenvalue weighted by atomic mass is 10.0. The molecule has 0 radical (unpaired) electrons. The molecule has 4 aliphatic rings. The van der Waals surface area contributed by atoms with E-state index in [4.69, 9.17) is 4.74 Å². The first-order chi connectivity index (χ1) is 24.0. The topological polar surface area (TPSA) is 178 Å². The average molecular weight is 705 g/mol. The highest BCUT2D eigenvalue weighted by atomic mass is 32.2. The smallest absolute Gasteiger partial charge is 0.300 e. The quantitative estimate of drug-likeness (QED) is 0.296. The third-order valence-electron chi connectivity index (χ3n) is 10.5. The highest BCUT2D eigenvalue weighted by Crippen LogP contribution is 2.47. The number of carbonyl (C=O) groups is 3. The Labute approximate surface area is 291 Å². The number of amides is 3. The zero-order chi connectivity index (χ0) is 35.1. The molecule has 2 aliphatic heterocycles. The molecular formula is C35H44N8O6S. The number of fused-ring (bicyclic) bond motifs is 3. The number of benzene rings is 1. The van der Waals surface area contributed by atoms with Gasteiger partial charge in [-0.15, -0.1) is 0 Å². The van der Waals surface area contributed by atoms with Gasteiger partial charge in [0.25, 0.3) is 11.9 Å². The summed E-state index contributed by atoms with van der Waals surface area (Å²) in [6, 6.07) is 8.18. The maximum Gasteiger partial charge on any atom is 0.300 e. The van der Waals surface area contributed by atoms with E-state index in [9.17, 15) is 22.8 Å². The second-order valence-electron chi connectivity index (χ2n) is 14.1.